The Hall–Kier alpha value is -2.83. The summed E-state index contributed by atoms with van der Waals surface area (Å²) in [6.07, 6.45) is 8.05. The van der Waals surface area contributed by atoms with Crippen LogP contribution in [0.1, 0.15) is 64.4 Å². The van der Waals surface area contributed by atoms with Crippen LogP contribution in [0.2, 0.25) is 0 Å². The van der Waals surface area contributed by atoms with Crippen molar-refractivity contribution >= 4 is 22.8 Å². The maximum absolute atomic E-state index is 13.5. The maximum atomic E-state index is 13.5. The van der Waals surface area contributed by atoms with E-state index in [-0.39, 0.29) is 11.2 Å². The van der Waals surface area contributed by atoms with Crippen molar-refractivity contribution in [2.24, 2.45) is 13.0 Å². The van der Waals surface area contributed by atoms with Gasteiger partial charge in [-0.2, -0.15) is 4.98 Å². The normalized spacial score (nSPS) is 15.9. The summed E-state index contributed by atoms with van der Waals surface area (Å²) in [5, 5.41) is 0. The van der Waals surface area contributed by atoms with Crippen LogP contribution in [0.3, 0.4) is 0 Å². The van der Waals surface area contributed by atoms with Crippen molar-refractivity contribution in [3.05, 3.63) is 50.7 Å². The van der Waals surface area contributed by atoms with Gasteiger partial charge in [0.2, 0.25) is 5.95 Å². The second-order valence-corrected chi connectivity index (χ2v) is 9.67. The molecule has 33 heavy (non-hydrogen) atoms. The fourth-order valence-corrected chi connectivity index (χ4v) is 4.87. The van der Waals surface area contributed by atoms with E-state index in [9.17, 15) is 9.59 Å². The molecule has 0 aliphatic carbocycles. The largest absolute Gasteiger partial charge is 0.332 e. The Labute approximate surface area is 195 Å². The summed E-state index contributed by atoms with van der Waals surface area (Å²) < 4.78 is 4.98. The monoisotopic (exact) mass is 451 g/mol. The first kappa shape index (κ1) is 23.3. The third-order valence-electron chi connectivity index (χ3n) is 6.77. The van der Waals surface area contributed by atoms with Gasteiger partial charge in [-0.05, 0) is 31.4 Å². The van der Waals surface area contributed by atoms with Crippen LogP contribution in [0.15, 0.2) is 33.9 Å². The van der Waals surface area contributed by atoms with E-state index in [2.05, 4.69) is 49.9 Å². The van der Waals surface area contributed by atoms with E-state index < -0.39 is 0 Å². The Kier molecular flexibility index (Phi) is 7.05. The standard InChI is InChI=1S/C26H37N5O2/c1-5-6-7-8-9-10-11-16-29-24(32)22-23(28(4)26(29)33)27-25-30(17-20(3)18-31(22)25)21-14-12-19(2)13-15-21/h12-15,20H,5-11,16-18H2,1-4H3/t20-/m0/s1. The highest BCUT2D eigenvalue weighted by molar-refractivity contribution is 5.77. The van der Waals surface area contributed by atoms with Crippen molar-refractivity contribution < 1.29 is 0 Å². The summed E-state index contributed by atoms with van der Waals surface area (Å²) in [7, 11) is 1.73. The van der Waals surface area contributed by atoms with Crippen molar-refractivity contribution in [1.82, 2.24) is 18.7 Å². The summed E-state index contributed by atoms with van der Waals surface area (Å²) in [5.41, 5.74) is 2.78. The van der Waals surface area contributed by atoms with Gasteiger partial charge in [-0.1, -0.05) is 70.1 Å². The van der Waals surface area contributed by atoms with Gasteiger partial charge < -0.3 is 9.47 Å². The molecule has 7 heteroatoms. The number of benzene rings is 1. The predicted octanol–water partition coefficient (Wildman–Crippen LogP) is 4.74. The summed E-state index contributed by atoms with van der Waals surface area (Å²) in [6.45, 7) is 8.49. The number of anilines is 2. The fourth-order valence-electron chi connectivity index (χ4n) is 4.87. The van der Waals surface area contributed by atoms with Gasteiger partial charge in [0.25, 0.3) is 5.56 Å². The third kappa shape index (κ3) is 4.63. The molecule has 2 aromatic heterocycles. The molecule has 3 heterocycles. The second kappa shape index (κ2) is 9.98. The minimum atomic E-state index is -0.274. The molecule has 3 aromatic rings. The first-order valence-corrected chi connectivity index (χ1v) is 12.5. The third-order valence-corrected chi connectivity index (χ3v) is 6.77. The molecular formula is C26H37N5O2. The number of imidazole rings is 1. The van der Waals surface area contributed by atoms with Gasteiger partial charge in [-0.25, -0.2) is 4.79 Å². The summed E-state index contributed by atoms with van der Waals surface area (Å²) >= 11 is 0. The molecule has 0 unspecified atom stereocenters. The van der Waals surface area contributed by atoms with Gasteiger partial charge >= 0.3 is 5.69 Å². The van der Waals surface area contributed by atoms with Gasteiger partial charge in [-0.15, -0.1) is 0 Å². The van der Waals surface area contributed by atoms with Crippen LogP contribution in [-0.2, 0) is 20.1 Å². The Morgan fingerprint density at radius 3 is 2.33 bits per heavy atom. The van der Waals surface area contributed by atoms with E-state index in [0.29, 0.717) is 23.6 Å². The highest BCUT2D eigenvalue weighted by Crippen LogP contribution is 2.32. The van der Waals surface area contributed by atoms with E-state index in [0.717, 1.165) is 44.0 Å². The molecule has 0 spiro atoms. The highest BCUT2D eigenvalue weighted by atomic mass is 16.2. The number of fused-ring (bicyclic) bond motifs is 3. The fraction of sp³-hybridized carbons (Fsp3) is 0.577. The van der Waals surface area contributed by atoms with Crippen LogP contribution in [-0.4, -0.2) is 25.2 Å². The van der Waals surface area contributed by atoms with Crippen LogP contribution < -0.4 is 16.1 Å². The number of unbranched alkanes of at least 4 members (excludes halogenated alkanes) is 6. The second-order valence-electron chi connectivity index (χ2n) is 9.67. The number of aromatic nitrogens is 4. The van der Waals surface area contributed by atoms with Crippen molar-refractivity contribution in [2.75, 3.05) is 11.4 Å². The SMILES string of the molecule is CCCCCCCCCn1c(=O)c2c(nc3n2C[C@@H](C)CN3c2ccc(C)cc2)n(C)c1=O. The highest BCUT2D eigenvalue weighted by Gasteiger charge is 2.29. The molecule has 0 fully saturated rings. The van der Waals surface area contributed by atoms with E-state index in [4.69, 9.17) is 4.98 Å². The molecule has 4 rings (SSSR count). The average Bonchev–Trinajstić information content (AvgIpc) is 3.18. The Morgan fingerprint density at radius 2 is 1.64 bits per heavy atom. The van der Waals surface area contributed by atoms with Gasteiger partial charge in [0.15, 0.2) is 11.2 Å². The zero-order chi connectivity index (χ0) is 23.5. The van der Waals surface area contributed by atoms with Crippen molar-refractivity contribution in [3.63, 3.8) is 0 Å². The molecule has 0 saturated carbocycles. The number of hydrogen-bond donors (Lipinski definition) is 0. The van der Waals surface area contributed by atoms with Gasteiger partial charge in [0, 0.05) is 32.4 Å². The topological polar surface area (TPSA) is 65.1 Å². The number of hydrogen-bond acceptors (Lipinski definition) is 4. The molecule has 1 atom stereocenters. The smallest absolute Gasteiger partial charge is 0.312 e. The first-order valence-electron chi connectivity index (χ1n) is 12.5. The maximum Gasteiger partial charge on any atom is 0.332 e. The Balaban J connectivity index is 1.67. The van der Waals surface area contributed by atoms with E-state index in [1.54, 1.807) is 11.6 Å². The molecule has 0 amide bonds. The molecule has 7 nitrogen and oxygen atoms in total. The number of nitrogens with zero attached hydrogens (tertiary/aromatic N) is 5. The summed E-state index contributed by atoms with van der Waals surface area (Å²) in [4.78, 5) is 33.5. The molecule has 1 aliphatic heterocycles. The van der Waals surface area contributed by atoms with Crippen LogP contribution >= 0.6 is 0 Å². The molecule has 0 N–H and O–H groups in total. The lowest BCUT2D eigenvalue weighted by Gasteiger charge is -2.33. The summed E-state index contributed by atoms with van der Waals surface area (Å²) in [6, 6.07) is 8.36. The molecule has 178 valence electrons. The van der Waals surface area contributed by atoms with Crippen molar-refractivity contribution in [3.8, 4) is 0 Å². The van der Waals surface area contributed by atoms with Gasteiger partial charge in [-0.3, -0.25) is 13.9 Å². The minimum Gasteiger partial charge on any atom is -0.312 e. The van der Waals surface area contributed by atoms with E-state index >= 15 is 0 Å². The van der Waals surface area contributed by atoms with Crippen LogP contribution in [0, 0.1) is 12.8 Å². The lowest BCUT2D eigenvalue weighted by molar-refractivity contribution is 0.457. The molecule has 0 saturated heterocycles. The van der Waals surface area contributed by atoms with Gasteiger partial charge in [0.05, 0.1) is 0 Å². The molecule has 1 aromatic carbocycles. The summed E-state index contributed by atoms with van der Waals surface area (Å²) in [5.74, 6) is 1.09. The molecule has 0 radical (unpaired) electrons. The van der Waals surface area contributed by atoms with Crippen LogP contribution in [0.5, 0.6) is 0 Å². The zero-order valence-corrected chi connectivity index (χ0v) is 20.5. The van der Waals surface area contributed by atoms with Crippen molar-refractivity contribution in [1.29, 1.82) is 0 Å². The molecule has 1 aliphatic rings. The van der Waals surface area contributed by atoms with Crippen LogP contribution in [0.4, 0.5) is 11.6 Å². The predicted molar refractivity (Wildman–Crippen MR) is 135 cm³/mol. The quantitative estimate of drug-likeness (QED) is 0.441. The lowest BCUT2D eigenvalue weighted by atomic mass is 10.1. The Morgan fingerprint density at radius 1 is 0.970 bits per heavy atom. The molecule has 0 bridgehead atoms. The van der Waals surface area contributed by atoms with Gasteiger partial charge in [0.1, 0.15) is 0 Å². The average molecular weight is 452 g/mol. The minimum absolute atomic E-state index is 0.212. The van der Waals surface area contributed by atoms with Crippen LogP contribution in [0.25, 0.3) is 11.2 Å². The number of aryl methyl sites for hydroxylation is 2. The zero-order valence-electron chi connectivity index (χ0n) is 20.5. The van der Waals surface area contributed by atoms with E-state index in [1.165, 1.54) is 35.8 Å². The Bertz CT molecular complexity index is 1220. The lowest BCUT2D eigenvalue weighted by Crippen LogP contribution is -2.40. The first-order chi connectivity index (χ1) is 15.9. The molecular weight excluding hydrogens is 414 g/mol. The van der Waals surface area contributed by atoms with Crippen molar-refractivity contribution in [2.45, 2.75) is 78.8 Å². The number of rotatable bonds is 9. The van der Waals surface area contributed by atoms with E-state index in [1.807, 2.05) is 4.57 Å².